The zero-order valence-corrected chi connectivity index (χ0v) is 8.24. The van der Waals surface area contributed by atoms with Crippen molar-refractivity contribution in [2.75, 3.05) is 0 Å². The van der Waals surface area contributed by atoms with Gasteiger partial charge in [0.15, 0.2) is 5.82 Å². The lowest BCUT2D eigenvalue weighted by Crippen LogP contribution is -2.06. The highest BCUT2D eigenvalue weighted by Crippen LogP contribution is 2.03. The van der Waals surface area contributed by atoms with Gasteiger partial charge in [-0.2, -0.15) is 0 Å². The van der Waals surface area contributed by atoms with Gasteiger partial charge in [0.2, 0.25) is 0 Å². The van der Waals surface area contributed by atoms with Crippen molar-refractivity contribution in [3.63, 3.8) is 0 Å². The van der Waals surface area contributed by atoms with Crippen LogP contribution in [0.3, 0.4) is 0 Å². The van der Waals surface area contributed by atoms with Crippen LogP contribution in [0, 0.1) is 0 Å². The van der Waals surface area contributed by atoms with Crippen molar-refractivity contribution in [3.05, 3.63) is 41.7 Å². The van der Waals surface area contributed by atoms with E-state index in [9.17, 15) is 0 Å². The summed E-state index contributed by atoms with van der Waals surface area (Å²) in [7, 11) is 0. The lowest BCUT2D eigenvalue weighted by Gasteiger charge is -2.00. The average molecular weight is 204 g/mol. The van der Waals surface area contributed by atoms with E-state index in [4.69, 9.17) is 5.11 Å². The molecule has 1 aromatic heterocycles. The number of rotatable bonds is 4. The van der Waals surface area contributed by atoms with Crippen molar-refractivity contribution in [3.8, 4) is 0 Å². The Kier molecular flexibility index (Phi) is 3.04. The number of hydrogen-bond acceptors (Lipinski definition) is 4. The first kappa shape index (κ1) is 9.79. The highest BCUT2D eigenvalue weighted by Gasteiger charge is 2.04. The number of aliphatic hydroxyl groups excluding tert-OH is 1. The molecule has 0 atom stereocenters. The van der Waals surface area contributed by atoms with Crippen LogP contribution in [0.5, 0.6) is 0 Å². The van der Waals surface area contributed by atoms with Gasteiger partial charge in [0.25, 0.3) is 0 Å². The number of aryl methyl sites for hydroxylation is 2. The van der Waals surface area contributed by atoms with Gasteiger partial charge in [-0.25, -0.2) is 4.68 Å². The summed E-state index contributed by atoms with van der Waals surface area (Å²) in [5.74, 6) is 0.710. The second-order valence-electron chi connectivity index (χ2n) is 3.22. The number of aliphatic hydroxyl groups is 1. The van der Waals surface area contributed by atoms with Crippen molar-refractivity contribution < 1.29 is 5.11 Å². The predicted octanol–water partition coefficient (Wildman–Crippen LogP) is 0.408. The average Bonchev–Trinajstić information content (AvgIpc) is 2.75. The maximum absolute atomic E-state index is 8.92. The normalized spacial score (nSPS) is 10.5. The predicted molar refractivity (Wildman–Crippen MR) is 53.9 cm³/mol. The Morgan fingerprint density at radius 1 is 1.13 bits per heavy atom. The molecule has 0 aliphatic rings. The third kappa shape index (κ3) is 2.38. The maximum atomic E-state index is 8.92. The van der Waals surface area contributed by atoms with Crippen LogP contribution in [0.15, 0.2) is 30.3 Å². The van der Waals surface area contributed by atoms with Gasteiger partial charge in [0, 0.05) is 6.42 Å². The van der Waals surface area contributed by atoms with E-state index in [0.29, 0.717) is 5.82 Å². The Balaban J connectivity index is 1.99. The summed E-state index contributed by atoms with van der Waals surface area (Å²) in [6.45, 7) is -0.170. The summed E-state index contributed by atoms with van der Waals surface area (Å²) in [6.07, 6.45) is 1.61. The van der Waals surface area contributed by atoms with Gasteiger partial charge in [-0.3, -0.25) is 0 Å². The van der Waals surface area contributed by atoms with Gasteiger partial charge in [0.1, 0.15) is 6.73 Å². The van der Waals surface area contributed by atoms with Crippen molar-refractivity contribution in [2.45, 2.75) is 19.6 Å². The molecule has 78 valence electrons. The largest absolute Gasteiger partial charge is 0.374 e. The van der Waals surface area contributed by atoms with Crippen molar-refractivity contribution in [2.24, 2.45) is 0 Å². The summed E-state index contributed by atoms with van der Waals surface area (Å²) >= 11 is 0. The molecule has 1 heterocycles. The number of hydrogen-bond donors (Lipinski definition) is 1. The van der Waals surface area contributed by atoms with Gasteiger partial charge in [0.05, 0.1) is 0 Å². The summed E-state index contributed by atoms with van der Waals surface area (Å²) in [6, 6.07) is 10.1. The first-order valence-corrected chi connectivity index (χ1v) is 4.80. The van der Waals surface area contributed by atoms with E-state index >= 15 is 0 Å². The van der Waals surface area contributed by atoms with Crippen molar-refractivity contribution in [1.82, 2.24) is 20.2 Å². The number of nitrogens with zero attached hydrogens (tertiary/aromatic N) is 4. The Labute approximate surface area is 87.4 Å². The lowest BCUT2D eigenvalue weighted by molar-refractivity contribution is 0.188. The Hall–Kier alpha value is -1.75. The van der Waals surface area contributed by atoms with E-state index in [-0.39, 0.29) is 6.73 Å². The van der Waals surface area contributed by atoms with Crippen LogP contribution in [-0.2, 0) is 19.6 Å². The minimum absolute atomic E-state index is 0.170. The highest BCUT2D eigenvalue weighted by atomic mass is 16.3. The fraction of sp³-hybridized carbons (Fsp3) is 0.300. The van der Waals surface area contributed by atoms with Crippen LogP contribution < -0.4 is 0 Å². The number of aromatic nitrogens is 4. The zero-order valence-electron chi connectivity index (χ0n) is 8.24. The van der Waals surface area contributed by atoms with Crippen LogP contribution in [0.25, 0.3) is 0 Å². The molecule has 15 heavy (non-hydrogen) atoms. The van der Waals surface area contributed by atoms with Gasteiger partial charge >= 0.3 is 0 Å². The van der Waals surface area contributed by atoms with E-state index in [1.807, 2.05) is 18.2 Å². The second kappa shape index (κ2) is 4.65. The Morgan fingerprint density at radius 3 is 2.67 bits per heavy atom. The van der Waals surface area contributed by atoms with E-state index in [1.165, 1.54) is 10.2 Å². The summed E-state index contributed by atoms with van der Waals surface area (Å²) < 4.78 is 1.39. The molecule has 0 aliphatic carbocycles. The molecule has 0 amide bonds. The standard InChI is InChI=1S/C10H12N4O/c15-8-14-10(11-12-13-14)7-6-9-4-2-1-3-5-9/h1-5,15H,6-8H2. The molecule has 0 aliphatic heterocycles. The molecule has 1 N–H and O–H groups in total. The molecule has 0 radical (unpaired) electrons. The van der Waals surface area contributed by atoms with E-state index in [1.54, 1.807) is 0 Å². The molecule has 5 nitrogen and oxygen atoms in total. The topological polar surface area (TPSA) is 63.8 Å². The fourth-order valence-corrected chi connectivity index (χ4v) is 1.41. The first-order valence-electron chi connectivity index (χ1n) is 4.80. The Bertz CT molecular complexity index is 412. The third-order valence-corrected chi connectivity index (χ3v) is 2.22. The van der Waals surface area contributed by atoms with Gasteiger partial charge < -0.3 is 5.11 Å². The van der Waals surface area contributed by atoms with Gasteiger partial charge in [-0.15, -0.1) is 5.10 Å². The second-order valence-corrected chi connectivity index (χ2v) is 3.22. The molecule has 2 aromatic rings. The van der Waals surface area contributed by atoms with Crippen LogP contribution in [0.2, 0.25) is 0 Å². The molecule has 0 unspecified atom stereocenters. The number of tetrazole rings is 1. The van der Waals surface area contributed by atoms with E-state index in [2.05, 4.69) is 27.7 Å². The molecule has 0 bridgehead atoms. The molecule has 0 spiro atoms. The summed E-state index contributed by atoms with van der Waals surface area (Å²) in [4.78, 5) is 0. The first-order chi connectivity index (χ1) is 7.40. The van der Waals surface area contributed by atoms with Crippen LogP contribution >= 0.6 is 0 Å². The third-order valence-electron chi connectivity index (χ3n) is 2.22. The summed E-state index contributed by atoms with van der Waals surface area (Å²) in [5, 5.41) is 19.9. The molecule has 1 aromatic carbocycles. The monoisotopic (exact) mass is 204 g/mol. The molecule has 5 heteroatoms. The van der Waals surface area contributed by atoms with Crippen LogP contribution in [-0.4, -0.2) is 25.3 Å². The van der Waals surface area contributed by atoms with Gasteiger partial charge in [-0.1, -0.05) is 30.3 Å². The van der Waals surface area contributed by atoms with Gasteiger partial charge in [-0.05, 0) is 22.4 Å². The maximum Gasteiger partial charge on any atom is 0.154 e. The molecule has 0 saturated heterocycles. The number of benzene rings is 1. The van der Waals surface area contributed by atoms with E-state index in [0.717, 1.165) is 12.8 Å². The molecule has 2 rings (SSSR count). The lowest BCUT2D eigenvalue weighted by atomic mass is 10.1. The minimum atomic E-state index is -0.170. The van der Waals surface area contributed by atoms with Crippen LogP contribution in [0.1, 0.15) is 11.4 Å². The quantitative estimate of drug-likeness (QED) is 0.783. The smallest absolute Gasteiger partial charge is 0.154 e. The fourth-order valence-electron chi connectivity index (χ4n) is 1.41. The Morgan fingerprint density at radius 2 is 1.93 bits per heavy atom. The molecular weight excluding hydrogens is 192 g/mol. The molecular formula is C10H12N4O. The minimum Gasteiger partial charge on any atom is -0.374 e. The molecule has 0 saturated carbocycles. The van der Waals surface area contributed by atoms with E-state index < -0.39 is 0 Å². The summed E-state index contributed by atoms with van der Waals surface area (Å²) in [5.41, 5.74) is 1.24. The SMILES string of the molecule is OCn1nnnc1CCc1ccccc1. The highest BCUT2D eigenvalue weighted by molar-refractivity contribution is 5.15. The van der Waals surface area contributed by atoms with Crippen molar-refractivity contribution >= 4 is 0 Å². The van der Waals surface area contributed by atoms with Crippen LogP contribution in [0.4, 0.5) is 0 Å². The van der Waals surface area contributed by atoms with Crippen molar-refractivity contribution in [1.29, 1.82) is 0 Å². The zero-order chi connectivity index (χ0) is 10.5. The molecule has 0 fully saturated rings.